The minimum Gasteiger partial charge on any atom is -0.496 e. The van der Waals surface area contributed by atoms with Gasteiger partial charge < -0.3 is 19.7 Å². The van der Waals surface area contributed by atoms with Crippen molar-refractivity contribution >= 4 is 11.8 Å². The third-order valence-corrected chi connectivity index (χ3v) is 4.22. The fourth-order valence-corrected chi connectivity index (χ4v) is 2.88. The number of nitrogens with zero attached hydrogens (tertiary/aromatic N) is 1. The Labute approximate surface area is 142 Å². The number of rotatable bonds is 6. The number of hydrogen-bond acceptors (Lipinski definition) is 4. The largest absolute Gasteiger partial charge is 0.496 e. The van der Waals surface area contributed by atoms with Gasteiger partial charge in [-0.2, -0.15) is 0 Å². The molecule has 6 nitrogen and oxygen atoms in total. The number of nitrogens with one attached hydrogen (secondary N) is 1. The molecule has 0 aromatic heterocycles. The number of ether oxygens (including phenoxy) is 2. The molecule has 2 amide bonds. The fourth-order valence-electron chi connectivity index (χ4n) is 2.88. The summed E-state index contributed by atoms with van der Waals surface area (Å²) in [6.07, 6.45) is 2.95. The Balaban J connectivity index is 2.06. The summed E-state index contributed by atoms with van der Waals surface area (Å²) in [5.41, 5.74) is 0.428. The van der Waals surface area contributed by atoms with Gasteiger partial charge in [0, 0.05) is 25.6 Å². The van der Waals surface area contributed by atoms with Crippen LogP contribution < -0.4 is 14.8 Å². The lowest BCUT2D eigenvalue weighted by molar-refractivity contribution is -0.126. The molecule has 6 heteroatoms. The Kier molecular flexibility index (Phi) is 6.23. The zero-order chi connectivity index (χ0) is 17.5. The summed E-state index contributed by atoms with van der Waals surface area (Å²) in [4.78, 5) is 26.6. The monoisotopic (exact) mass is 332 g/mol. The highest BCUT2D eigenvalue weighted by Gasteiger charge is 2.30. The molecular weight excluding hydrogens is 308 g/mol. The third-order valence-electron chi connectivity index (χ3n) is 4.22. The highest BCUT2D eigenvalue weighted by molar-refractivity contribution is 5.99. The van der Waals surface area contributed by atoms with Crippen molar-refractivity contribution in [3.63, 3.8) is 0 Å². The highest BCUT2D eigenvalue weighted by atomic mass is 16.5. The zero-order valence-electron chi connectivity index (χ0n) is 14.2. The normalized spacial score (nSPS) is 14.8. The Hall–Kier alpha value is -2.50. The van der Waals surface area contributed by atoms with Gasteiger partial charge in [0.15, 0.2) is 0 Å². The van der Waals surface area contributed by atoms with E-state index in [0.717, 1.165) is 0 Å². The van der Waals surface area contributed by atoms with Gasteiger partial charge in [-0.1, -0.05) is 12.1 Å². The molecule has 0 spiro atoms. The second-order valence-electron chi connectivity index (χ2n) is 5.64. The average Bonchev–Trinajstić information content (AvgIpc) is 2.64. The highest BCUT2D eigenvalue weighted by Crippen LogP contribution is 2.31. The topological polar surface area (TPSA) is 67.9 Å². The Bertz CT molecular complexity index is 585. The average molecular weight is 332 g/mol. The fraction of sp³-hybridized carbons (Fsp3) is 0.444. The van der Waals surface area contributed by atoms with Crippen molar-refractivity contribution in [2.45, 2.75) is 12.8 Å². The standard InChI is InChI=1S/C18H24N2O4/c1-4-10-19-17(21)13-8-11-20(12-9-13)18(22)16-14(23-2)6-5-7-15(16)24-3/h4-7,13H,1,8-12H2,2-3H3,(H,19,21). The lowest BCUT2D eigenvalue weighted by Crippen LogP contribution is -2.43. The van der Waals surface area contributed by atoms with Crippen molar-refractivity contribution < 1.29 is 19.1 Å². The molecule has 1 aliphatic rings. The number of benzene rings is 1. The lowest BCUT2D eigenvalue weighted by Gasteiger charge is -2.32. The summed E-state index contributed by atoms with van der Waals surface area (Å²) >= 11 is 0. The number of carbonyl (C=O) groups is 2. The maximum absolute atomic E-state index is 12.9. The van der Waals surface area contributed by atoms with Crippen LogP contribution >= 0.6 is 0 Å². The second kappa shape index (κ2) is 8.38. The smallest absolute Gasteiger partial charge is 0.261 e. The first-order chi connectivity index (χ1) is 11.6. The minimum atomic E-state index is -0.130. The van der Waals surface area contributed by atoms with Gasteiger partial charge in [0.25, 0.3) is 5.91 Å². The van der Waals surface area contributed by atoms with Crippen LogP contribution in [0.2, 0.25) is 0 Å². The summed E-state index contributed by atoms with van der Waals surface area (Å²) in [6, 6.07) is 5.26. The van der Waals surface area contributed by atoms with Crippen LogP contribution in [0.5, 0.6) is 11.5 Å². The molecule has 130 valence electrons. The van der Waals surface area contributed by atoms with Gasteiger partial charge >= 0.3 is 0 Å². The maximum atomic E-state index is 12.9. The molecule has 24 heavy (non-hydrogen) atoms. The van der Waals surface area contributed by atoms with Crippen molar-refractivity contribution in [2.24, 2.45) is 5.92 Å². The van der Waals surface area contributed by atoms with Crippen LogP contribution in [0.15, 0.2) is 30.9 Å². The number of likely N-dealkylation sites (tertiary alicyclic amines) is 1. The van der Waals surface area contributed by atoms with E-state index in [4.69, 9.17) is 9.47 Å². The first-order valence-corrected chi connectivity index (χ1v) is 8.01. The number of piperidine rings is 1. The minimum absolute atomic E-state index is 0.0249. The van der Waals surface area contributed by atoms with E-state index in [1.54, 1.807) is 29.2 Å². The maximum Gasteiger partial charge on any atom is 0.261 e. The van der Waals surface area contributed by atoms with Gasteiger partial charge in [-0.3, -0.25) is 9.59 Å². The van der Waals surface area contributed by atoms with Crippen LogP contribution in [-0.4, -0.2) is 50.6 Å². The molecule has 1 aromatic carbocycles. The van der Waals surface area contributed by atoms with Gasteiger partial charge in [-0.15, -0.1) is 6.58 Å². The molecule has 1 aromatic rings. The molecular formula is C18H24N2O4. The van der Waals surface area contributed by atoms with E-state index in [-0.39, 0.29) is 17.7 Å². The molecule has 0 aliphatic carbocycles. The van der Waals surface area contributed by atoms with E-state index >= 15 is 0 Å². The van der Waals surface area contributed by atoms with Crippen LogP contribution in [-0.2, 0) is 4.79 Å². The SMILES string of the molecule is C=CCNC(=O)C1CCN(C(=O)c2c(OC)cccc2OC)CC1. The number of hydrogen-bond donors (Lipinski definition) is 1. The molecule has 0 unspecified atom stereocenters. The molecule has 0 saturated carbocycles. The summed E-state index contributed by atoms with van der Waals surface area (Å²) in [7, 11) is 3.06. The summed E-state index contributed by atoms with van der Waals surface area (Å²) in [6.45, 7) is 5.12. The van der Waals surface area contributed by atoms with Crippen LogP contribution in [0.1, 0.15) is 23.2 Å². The molecule has 1 heterocycles. The van der Waals surface area contributed by atoms with E-state index in [9.17, 15) is 9.59 Å². The van der Waals surface area contributed by atoms with Crippen LogP contribution in [0.4, 0.5) is 0 Å². The first-order valence-electron chi connectivity index (χ1n) is 8.01. The van der Waals surface area contributed by atoms with Gasteiger partial charge in [0.2, 0.25) is 5.91 Å². The second-order valence-corrected chi connectivity index (χ2v) is 5.64. The lowest BCUT2D eigenvalue weighted by atomic mass is 9.95. The van der Waals surface area contributed by atoms with Crippen molar-refractivity contribution in [1.29, 1.82) is 0 Å². The van der Waals surface area contributed by atoms with E-state index in [2.05, 4.69) is 11.9 Å². The van der Waals surface area contributed by atoms with Gasteiger partial charge in [0.1, 0.15) is 17.1 Å². The van der Waals surface area contributed by atoms with Gasteiger partial charge in [0.05, 0.1) is 14.2 Å². The molecule has 1 fully saturated rings. The number of methoxy groups -OCH3 is 2. The predicted molar refractivity (Wildman–Crippen MR) is 91.4 cm³/mol. The quantitative estimate of drug-likeness (QED) is 0.808. The van der Waals surface area contributed by atoms with Crippen molar-refractivity contribution in [2.75, 3.05) is 33.9 Å². The van der Waals surface area contributed by atoms with Crippen molar-refractivity contribution in [3.8, 4) is 11.5 Å². The molecule has 1 N–H and O–H groups in total. The van der Waals surface area contributed by atoms with E-state index in [1.165, 1.54) is 14.2 Å². The summed E-state index contributed by atoms with van der Waals surface area (Å²) in [5, 5.41) is 2.81. The van der Waals surface area contributed by atoms with Crippen LogP contribution in [0.25, 0.3) is 0 Å². The predicted octanol–water partition coefficient (Wildman–Crippen LogP) is 1.86. The Morgan fingerprint density at radius 3 is 2.33 bits per heavy atom. The molecule has 0 atom stereocenters. The van der Waals surface area contributed by atoms with E-state index in [0.29, 0.717) is 49.5 Å². The van der Waals surface area contributed by atoms with Crippen LogP contribution in [0.3, 0.4) is 0 Å². The van der Waals surface area contributed by atoms with Gasteiger partial charge in [-0.05, 0) is 25.0 Å². The van der Waals surface area contributed by atoms with E-state index in [1.807, 2.05) is 0 Å². The summed E-state index contributed by atoms with van der Waals surface area (Å²) in [5.74, 6) is 0.815. The summed E-state index contributed by atoms with van der Waals surface area (Å²) < 4.78 is 10.6. The van der Waals surface area contributed by atoms with Gasteiger partial charge in [-0.25, -0.2) is 0 Å². The molecule has 1 aliphatic heterocycles. The third kappa shape index (κ3) is 3.88. The van der Waals surface area contributed by atoms with Crippen molar-refractivity contribution in [3.05, 3.63) is 36.4 Å². The first kappa shape index (κ1) is 17.8. The number of carbonyl (C=O) groups excluding carboxylic acids is 2. The Morgan fingerprint density at radius 2 is 1.83 bits per heavy atom. The zero-order valence-corrected chi connectivity index (χ0v) is 14.2. The molecule has 2 rings (SSSR count). The van der Waals surface area contributed by atoms with Crippen molar-refractivity contribution in [1.82, 2.24) is 10.2 Å². The number of amides is 2. The molecule has 0 radical (unpaired) electrons. The Morgan fingerprint density at radius 1 is 1.25 bits per heavy atom. The molecule has 1 saturated heterocycles. The van der Waals surface area contributed by atoms with Crippen LogP contribution in [0, 0.1) is 5.92 Å². The van der Waals surface area contributed by atoms with E-state index < -0.39 is 0 Å². The molecule has 0 bridgehead atoms.